The molecule has 174 valence electrons. The quantitative estimate of drug-likeness (QED) is 0.407. The van der Waals surface area contributed by atoms with E-state index in [1.54, 1.807) is 18.3 Å². The van der Waals surface area contributed by atoms with E-state index in [1.807, 2.05) is 0 Å². The number of amides is 1. The third kappa shape index (κ3) is 5.52. The van der Waals surface area contributed by atoms with E-state index in [9.17, 15) is 14.1 Å². The van der Waals surface area contributed by atoms with Gasteiger partial charge in [-0.05, 0) is 85.6 Å². The van der Waals surface area contributed by atoms with E-state index in [4.69, 9.17) is 16.1 Å². The smallest absolute Gasteiger partial charge is 0.392 e. The fourth-order valence-electron chi connectivity index (χ4n) is 5.03. The highest BCUT2D eigenvalue weighted by atomic mass is 19.1. The van der Waals surface area contributed by atoms with Gasteiger partial charge in [0.1, 0.15) is 5.82 Å². The number of nitroso groups, excluding NO2 is 1. The summed E-state index contributed by atoms with van der Waals surface area (Å²) in [7, 11) is 0. The molecular weight excluding hydrogens is 421 g/mol. The molecule has 0 heterocycles. The Bertz CT molecular complexity index is 1050. The number of rotatable bonds is 8. The predicted octanol–water partition coefficient (Wildman–Crippen LogP) is 4.09. The first-order valence-corrected chi connectivity index (χ1v) is 11.3. The van der Waals surface area contributed by atoms with E-state index in [1.165, 1.54) is 17.7 Å². The van der Waals surface area contributed by atoms with Crippen LogP contribution in [0.25, 0.3) is 0 Å². The Morgan fingerprint density at radius 2 is 2.15 bits per heavy atom. The van der Waals surface area contributed by atoms with E-state index in [2.05, 4.69) is 30.1 Å². The van der Waals surface area contributed by atoms with Crippen LogP contribution in [0.3, 0.4) is 0 Å². The number of fused-ring (bicyclic) bond motifs is 1. The van der Waals surface area contributed by atoms with Crippen LogP contribution in [-0.4, -0.2) is 29.6 Å². The van der Waals surface area contributed by atoms with Crippen LogP contribution in [0.4, 0.5) is 10.1 Å². The molecule has 0 radical (unpaired) electrons. The third-order valence-electron chi connectivity index (χ3n) is 6.84. The maximum Gasteiger partial charge on any atom is 0.392 e. The molecule has 8 heteroatoms. The van der Waals surface area contributed by atoms with E-state index in [0.717, 1.165) is 56.0 Å². The lowest BCUT2D eigenvalue weighted by molar-refractivity contribution is -0.115. The van der Waals surface area contributed by atoms with Gasteiger partial charge in [0.15, 0.2) is 4.91 Å². The number of hydrogen-bond donors (Lipinski definition) is 3. The van der Waals surface area contributed by atoms with Crippen LogP contribution in [0.1, 0.15) is 52.4 Å². The second-order valence-electron chi connectivity index (χ2n) is 9.01. The first-order chi connectivity index (χ1) is 15.8. The molecule has 0 aliphatic heterocycles. The molecule has 7 nitrogen and oxygen atoms in total. The molecule has 1 fully saturated rings. The lowest BCUT2D eigenvalue weighted by atomic mass is 9.67. The van der Waals surface area contributed by atoms with Crippen molar-refractivity contribution >= 4 is 29.2 Å². The molecular formula is C25H31FN5O2+. The van der Waals surface area contributed by atoms with Crippen molar-refractivity contribution in [3.63, 3.8) is 0 Å². The molecule has 1 saturated carbocycles. The summed E-state index contributed by atoms with van der Waals surface area (Å²) in [6.45, 7) is 4.30. The molecule has 3 unspecified atom stereocenters. The maximum atomic E-state index is 13.2. The van der Waals surface area contributed by atoms with Gasteiger partial charge in [-0.3, -0.25) is 10.2 Å². The average Bonchev–Trinajstić information content (AvgIpc) is 3.10. The largest absolute Gasteiger partial charge is 0.404 e. The Balaban J connectivity index is 1.82. The number of nitrogens with two attached hydrogens (primary N) is 1. The molecule has 33 heavy (non-hydrogen) atoms. The lowest BCUT2D eigenvalue weighted by Crippen LogP contribution is -2.42. The number of carbonyl (C=O) groups is 1. The molecule has 0 bridgehead atoms. The molecule has 1 aromatic rings. The van der Waals surface area contributed by atoms with Crippen LogP contribution < -0.4 is 15.9 Å². The van der Waals surface area contributed by atoms with Gasteiger partial charge >= 0.3 is 6.21 Å². The first kappa shape index (κ1) is 24.3. The maximum absolute atomic E-state index is 13.2. The third-order valence-corrected chi connectivity index (χ3v) is 6.84. The van der Waals surface area contributed by atoms with Gasteiger partial charge in [0.2, 0.25) is 10.6 Å². The summed E-state index contributed by atoms with van der Waals surface area (Å²) in [5.74, 6) is -0.553. The summed E-state index contributed by atoms with van der Waals surface area (Å²) < 4.78 is 13.2. The zero-order valence-corrected chi connectivity index (χ0v) is 19.1. The van der Waals surface area contributed by atoms with Crippen molar-refractivity contribution in [2.24, 2.45) is 22.1 Å². The number of aliphatic imine (C=N–C) groups is 1. The number of benzene rings is 1. The second-order valence-corrected chi connectivity index (χ2v) is 9.01. The standard InChI is InChI=1S/C25H30FN5O2/c1-3-4-21(31-24(32)22(28)15-29-33)11-17-5-6-18-12-23(16(14-27)13-25(17,18)2)30-20-9-7-19(26)8-10-20/h7-10,12,14-15,17,21,28H,3-6,11,13H2,1-2H3,(H2-,27,30,31,32)/p+1. The fourth-order valence-corrected chi connectivity index (χ4v) is 5.03. The van der Waals surface area contributed by atoms with Crippen LogP contribution in [-0.2, 0) is 4.79 Å². The van der Waals surface area contributed by atoms with Crippen LogP contribution in [0.2, 0.25) is 0 Å². The number of nitrogens with one attached hydrogen (secondary N) is 2. The second kappa shape index (κ2) is 10.5. The van der Waals surface area contributed by atoms with Crippen molar-refractivity contribution in [1.82, 2.24) is 10.2 Å². The van der Waals surface area contributed by atoms with Gasteiger partial charge in [-0.15, -0.1) is 0 Å². The topological polar surface area (TPSA) is 122 Å². The Morgan fingerprint density at radius 3 is 2.79 bits per heavy atom. The number of nitrogens with zero attached hydrogens (tertiary/aromatic N) is 2. The molecule has 0 spiro atoms. The summed E-state index contributed by atoms with van der Waals surface area (Å²) in [5, 5.41) is 10.5. The van der Waals surface area contributed by atoms with Gasteiger partial charge in [-0.1, -0.05) is 25.8 Å². The zero-order chi connectivity index (χ0) is 24.0. The van der Waals surface area contributed by atoms with E-state index >= 15 is 0 Å². The van der Waals surface area contributed by atoms with Gasteiger partial charge in [-0.25, -0.2) is 9.38 Å². The highest BCUT2D eigenvalue weighted by Gasteiger charge is 2.46. The first-order valence-electron chi connectivity index (χ1n) is 11.3. The minimum atomic E-state index is -0.577. The Labute approximate surface area is 193 Å². The van der Waals surface area contributed by atoms with Crippen LogP contribution in [0.15, 0.2) is 52.7 Å². The lowest BCUT2D eigenvalue weighted by Gasteiger charge is -2.39. The summed E-state index contributed by atoms with van der Waals surface area (Å²) in [4.78, 5) is 29.8. The van der Waals surface area contributed by atoms with Crippen molar-refractivity contribution in [3.8, 4) is 0 Å². The van der Waals surface area contributed by atoms with E-state index in [0.29, 0.717) is 11.6 Å². The molecule has 1 amide bonds. The van der Waals surface area contributed by atoms with Gasteiger partial charge in [0, 0.05) is 6.04 Å². The van der Waals surface area contributed by atoms with Crippen molar-refractivity contribution < 1.29 is 9.18 Å². The van der Waals surface area contributed by atoms with Crippen molar-refractivity contribution in [2.45, 2.75) is 58.4 Å². The summed E-state index contributed by atoms with van der Waals surface area (Å²) in [6, 6.07) is 5.98. The monoisotopic (exact) mass is 452 g/mol. The summed E-state index contributed by atoms with van der Waals surface area (Å²) in [6.07, 6.45) is 9.55. The van der Waals surface area contributed by atoms with Crippen molar-refractivity contribution in [2.75, 3.05) is 0 Å². The Kier molecular flexibility index (Phi) is 7.71. The molecule has 0 aromatic heterocycles. The number of carbonyl (C=O) groups excluding carboxylic acids is 1. The minimum absolute atomic E-state index is 0.0938. The van der Waals surface area contributed by atoms with Crippen LogP contribution in [0, 0.1) is 27.5 Å². The predicted molar refractivity (Wildman–Crippen MR) is 130 cm³/mol. The molecule has 2 aliphatic rings. The number of hydrogen-bond acceptors (Lipinski definition) is 5. The van der Waals surface area contributed by atoms with Crippen molar-refractivity contribution in [1.29, 1.82) is 5.41 Å². The van der Waals surface area contributed by atoms with Gasteiger partial charge in [0.25, 0.3) is 5.91 Å². The van der Waals surface area contributed by atoms with E-state index < -0.39 is 11.6 Å². The highest BCUT2D eigenvalue weighted by Crippen LogP contribution is 2.55. The normalized spacial score (nSPS) is 25.2. The molecule has 4 N–H and O–H groups in total. The average molecular weight is 453 g/mol. The molecule has 0 saturated heterocycles. The molecule has 3 rings (SSSR count). The Hall–Kier alpha value is -3.38. The Morgan fingerprint density at radius 1 is 1.42 bits per heavy atom. The van der Waals surface area contributed by atoms with Crippen LogP contribution in [0.5, 0.6) is 0 Å². The highest BCUT2D eigenvalue weighted by molar-refractivity contribution is 6.59. The van der Waals surface area contributed by atoms with Gasteiger partial charge < -0.3 is 11.1 Å². The summed E-state index contributed by atoms with van der Waals surface area (Å²) >= 11 is 0. The zero-order valence-electron chi connectivity index (χ0n) is 19.1. The fraction of sp³-hybridized carbons (Fsp3) is 0.440. The van der Waals surface area contributed by atoms with E-state index in [-0.39, 0.29) is 17.3 Å². The minimum Gasteiger partial charge on any atom is -0.404 e. The molecule has 1 aromatic carbocycles. The number of halogens is 1. The van der Waals surface area contributed by atoms with Gasteiger partial charge in [-0.2, -0.15) is 0 Å². The van der Waals surface area contributed by atoms with Crippen LogP contribution >= 0.6 is 0 Å². The summed E-state index contributed by atoms with van der Waals surface area (Å²) in [5.41, 5.74) is 9.19. The molecule has 2 aliphatic carbocycles. The SMILES string of the molecule is CCCC(CC1CCC2=CC(=Nc3ccc(F)cc3)C(=CN)CC21C)NC(=O)C(=N)C=[N+]=O. The van der Waals surface area contributed by atoms with Crippen molar-refractivity contribution in [3.05, 3.63) is 58.4 Å². The number of allylic oxidation sites excluding steroid dienone is 3. The van der Waals surface area contributed by atoms with Gasteiger partial charge in [0.05, 0.1) is 11.4 Å². The molecule has 3 atom stereocenters.